The van der Waals surface area contributed by atoms with E-state index >= 15 is 0 Å². The Labute approximate surface area is 217 Å². The normalized spacial score (nSPS) is 13.8. The first kappa shape index (κ1) is 24.6. The number of aromatic nitrogens is 2. The van der Waals surface area contributed by atoms with Crippen molar-refractivity contribution in [3.63, 3.8) is 0 Å². The van der Waals surface area contributed by atoms with Crippen LogP contribution >= 0.6 is 0 Å². The average molecular weight is 494 g/mol. The lowest BCUT2D eigenvalue weighted by molar-refractivity contribution is -0.140. The molecule has 4 aromatic rings. The molecule has 0 aliphatic carbocycles. The van der Waals surface area contributed by atoms with Gasteiger partial charge in [0, 0.05) is 37.0 Å². The molecule has 1 aliphatic heterocycles. The fraction of sp³-hybridized carbons (Fsp3) is 0.290. The Morgan fingerprint density at radius 1 is 0.892 bits per heavy atom. The van der Waals surface area contributed by atoms with E-state index in [0.29, 0.717) is 13.1 Å². The summed E-state index contributed by atoms with van der Waals surface area (Å²) in [6, 6.07) is 16.3. The van der Waals surface area contributed by atoms with Crippen LogP contribution < -0.4 is 0 Å². The molecule has 0 saturated heterocycles. The monoisotopic (exact) mass is 493 g/mol. The van der Waals surface area contributed by atoms with Crippen molar-refractivity contribution in [3.05, 3.63) is 105 Å². The van der Waals surface area contributed by atoms with Gasteiger partial charge in [-0.3, -0.25) is 19.6 Å². The first-order valence-corrected chi connectivity index (χ1v) is 12.6. The maximum atomic E-state index is 13.3. The lowest BCUT2D eigenvalue weighted by Crippen LogP contribution is -2.36. The molecule has 0 radical (unpaired) electrons. The van der Waals surface area contributed by atoms with Gasteiger partial charge in [0.05, 0.1) is 24.6 Å². The predicted octanol–water partition coefficient (Wildman–Crippen LogP) is 5.45. The average Bonchev–Trinajstić information content (AvgIpc) is 2.91. The highest BCUT2D eigenvalue weighted by Crippen LogP contribution is 2.35. The second kappa shape index (κ2) is 10.1. The molecule has 2 heterocycles. The third kappa shape index (κ3) is 4.96. The van der Waals surface area contributed by atoms with Crippen LogP contribution in [-0.4, -0.2) is 40.4 Å². The van der Waals surface area contributed by atoms with Crippen molar-refractivity contribution in [2.45, 2.75) is 46.1 Å². The summed E-state index contributed by atoms with van der Waals surface area (Å²) < 4.78 is 5.06. The second-order valence-electron chi connectivity index (χ2n) is 9.89. The molecule has 0 spiro atoms. The number of aryl methyl sites for hydroxylation is 3. The maximum Gasteiger partial charge on any atom is 0.306 e. The Morgan fingerprint density at radius 3 is 2.38 bits per heavy atom. The summed E-state index contributed by atoms with van der Waals surface area (Å²) in [4.78, 5) is 36.6. The minimum absolute atomic E-state index is 0.0502. The van der Waals surface area contributed by atoms with Crippen molar-refractivity contribution in [1.29, 1.82) is 0 Å². The molecule has 1 atom stereocenters. The molecule has 1 aromatic heterocycles. The molecule has 0 N–H and O–H groups in total. The minimum Gasteiger partial charge on any atom is -0.469 e. The van der Waals surface area contributed by atoms with Gasteiger partial charge in [0.1, 0.15) is 0 Å². The number of benzene rings is 3. The van der Waals surface area contributed by atoms with Crippen LogP contribution in [0.1, 0.15) is 61.6 Å². The number of carbonyl (C=O) groups excluding carboxylic acids is 2. The lowest BCUT2D eigenvalue weighted by atomic mass is 9.83. The van der Waals surface area contributed by atoms with Crippen LogP contribution in [-0.2, 0) is 22.5 Å². The smallest absolute Gasteiger partial charge is 0.306 e. The zero-order chi connectivity index (χ0) is 26.1. The first-order chi connectivity index (χ1) is 17.8. The van der Waals surface area contributed by atoms with E-state index in [1.165, 1.54) is 18.2 Å². The van der Waals surface area contributed by atoms with Crippen molar-refractivity contribution in [3.8, 4) is 0 Å². The third-order valence-corrected chi connectivity index (χ3v) is 7.52. The van der Waals surface area contributed by atoms with Crippen molar-refractivity contribution in [2.75, 3.05) is 13.7 Å². The summed E-state index contributed by atoms with van der Waals surface area (Å²) >= 11 is 0. The number of hydrogen-bond donors (Lipinski definition) is 0. The fourth-order valence-corrected chi connectivity index (χ4v) is 5.19. The van der Waals surface area contributed by atoms with Gasteiger partial charge < -0.3 is 9.64 Å². The van der Waals surface area contributed by atoms with E-state index in [1.54, 1.807) is 12.4 Å². The molecule has 1 aliphatic rings. The van der Waals surface area contributed by atoms with E-state index in [-0.39, 0.29) is 24.2 Å². The summed E-state index contributed by atoms with van der Waals surface area (Å²) in [5.74, 6) is -0.419. The fourth-order valence-electron chi connectivity index (χ4n) is 5.19. The summed E-state index contributed by atoms with van der Waals surface area (Å²) in [7, 11) is 1.42. The number of nitrogens with zero attached hydrogens (tertiary/aromatic N) is 3. The van der Waals surface area contributed by atoms with E-state index in [2.05, 4.69) is 35.1 Å². The van der Waals surface area contributed by atoms with Crippen molar-refractivity contribution in [1.82, 2.24) is 14.9 Å². The van der Waals surface area contributed by atoms with Gasteiger partial charge in [-0.05, 0) is 90.4 Å². The maximum absolute atomic E-state index is 13.3. The second-order valence-corrected chi connectivity index (χ2v) is 9.89. The Bertz CT molecular complexity index is 1510. The number of rotatable bonds is 5. The van der Waals surface area contributed by atoms with Crippen LogP contribution in [0, 0.1) is 20.8 Å². The van der Waals surface area contributed by atoms with Gasteiger partial charge in [0.25, 0.3) is 5.91 Å². The zero-order valence-corrected chi connectivity index (χ0v) is 21.7. The number of amides is 1. The topological polar surface area (TPSA) is 72.4 Å². The Kier molecular flexibility index (Phi) is 6.74. The molecule has 0 saturated carbocycles. The minimum atomic E-state index is -0.270. The molecular weight excluding hydrogens is 462 g/mol. The van der Waals surface area contributed by atoms with Crippen molar-refractivity contribution in [2.24, 2.45) is 0 Å². The number of fused-ring (bicyclic) bond motifs is 2. The van der Waals surface area contributed by atoms with Crippen LogP contribution in [0.4, 0.5) is 0 Å². The summed E-state index contributed by atoms with van der Waals surface area (Å²) in [5, 5.41) is 0. The van der Waals surface area contributed by atoms with Gasteiger partial charge in [-0.1, -0.05) is 24.3 Å². The molecule has 188 valence electrons. The summed E-state index contributed by atoms with van der Waals surface area (Å²) in [5.41, 5.74) is 10.1. The van der Waals surface area contributed by atoms with Crippen LogP contribution in [0.25, 0.3) is 11.0 Å². The van der Waals surface area contributed by atoms with E-state index in [0.717, 1.165) is 50.8 Å². The molecule has 37 heavy (non-hydrogen) atoms. The Balaban J connectivity index is 1.49. The van der Waals surface area contributed by atoms with Gasteiger partial charge in [-0.2, -0.15) is 0 Å². The number of ether oxygens (including phenoxy) is 1. The number of carbonyl (C=O) groups is 2. The first-order valence-electron chi connectivity index (χ1n) is 12.6. The van der Waals surface area contributed by atoms with E-state index in [1.807, 2.05) is 49.1 Å². The molecule has 1 unspecified atom stereocenters. The predicted molar refractivity (Wildman–Crippen MR) is 144 cm³/mol. The Hall–Kier alpha value is -4.06. The van der Waals surface area contributed by atoms with Gasteiger partial charge in [0.2, 0.25) is 0 Å². The molecule has 6 nitrogen and oxygen atoms in total. The molecule has 3 aromatic carbocycles. The van der Waals surface area contributed by atoms with Crippen LogP contribution in [0.3, 0.4) is 0 Å². The molecule has 0 fully saturated rings. The summed E-state index contributed by atoms with van der Waals surface area (Å²) in [6.45, 7) is 7.35. The molecule has 5 rings (SSSR count). The van der Waals surface area contributed by atoms with Gasteiger partial charge in [-0.25, -0.2) is 0 Å². The molecule has 1 amide bonds. The molecule has 6 heteroatoms. The Morgan fingerprint density at radius 2 is 1.65 bits per heavy atom. The number of esters is 1. The van der Waals surface area contributed by atoms with Gasteiger partial charge in [-0.15, -0.1) is 0 Å². The van der Waals surface area contributed by atoms with Crippen LogP contribution in [0.5, 0.6) is 0 Å². The van der Waals surface area contributed by atoms with Crippen molar-refractivity contribution >= 4 is 22.9 Å². The lowest BCUT2D eigenvalue weighted by Gasteiger charge is -2.30. The van der Waals surface area contributed by atoms with Gasteiger partial charge >= 0.3 is 5.97 Å². The standard InChI is InChI=1S/C31H31N3O3/c1-19-5-6-24(13-20(19)2)31(36)34-12-9-22-7-8-23(15-25(22)18-34)27(17-30(35)37-4)26-16-29-28(14-21(26)3)32-10-11-33-29/h5-8,10-11,13-16,27H,9,12,17-18H2,1-4H3. The summed E-state index contributed by atoms with van der Waals surface area (Å²) in [6.07, 6.45) is 4.38. The largest absolute Gasteiger partial charge is 0.469 e. The highest BCUT2D eigenvalue weighted by atomic mass is 16.5. The zero-order valence-electron chi connectivity index (χ0n) is 21.7. The SMILES string of the molecule is COC(=O)CC(c1ccc2c(c1)CN(C(=O)c1ccc(C)c(C)c1)CC2)c1cc2nccnc2cc1C. The van der Waals surface area contributed by atoms with E-state index < -0.39 is 0 Å². The number of methoxy groups -OCH3 is 1. The van der Waals surface area contributed by atoms with E-state index in [4.69, 9.17) is 4.74 Å². The third-order valence-electron chi connectivity index (χ3n) is 7.52. The molecular formula is C31H31N3O3. The van der Waals surface area contributed by atoms with Crippen molar-refractivity contribution < 1.29 is 14.3 Å². The quantitative estimate of drug-likeness (QED) is 0.346. The van der Waals surface area contributed by atoms with E-state index in [9.17, 15) is 9.59 Å². The number of hydrogen-bond acceptors (Lipinski definition) is 5. The highest BCUT2D eigenvalue weighted by Gasteiger charge is 2.26. The van der Waals surface area contributed by atoms with Gasteiger partial charge in [0.15, 0.2) is 0 Å². The van der Waals surface area contributed by atoms with Crippen LogP contribution in [0.15, 0.2) is 60.9 Å². The van der Waals surface area contributed by atoms with Crippen LogP contribution in [0.2, 0.25) is 0 Å². The highest BCUT2D eigenvalue weighted by molar-refractivity contribution is 5.94. The molecule has 0 bridgehead atoms.